The monoisotopic (exact) mass is 405 g/mol. The number of hydrogen-bond acceptors (Lipinski definition) is 6. The van der Waals surface area contributed by atoms with E-state index in [2.05, 4.69) is 10.1 Å². The molecule has 0 radical (unpaired) electrons. The van der Waals surface area contributed by atoms with E-state index < -0.39 is 16.7 Å². The Morgan fingerprint density at radius 3 is 2.48 bits per heavy atom. The van der Waals surface area contributed by atoms with E-state index in [1.807, 2.05) is 0 Å². The van der Waals surface area contributed by atoms with Crippen LogP contribution in [0, 0.1) is 17.0 Å². The van der Waals surface area contributed by atoms with Gasteiger partial charge < -0.3 is 10.5 Å². The highest BCUT2D eigenvalue weighted by molar-refractivity contribution is 5.85. The average molecular weight is 405 g/mol. The van der Waals surface area contributed by atoms with Crippen LogP contribution >= 0.6 is 0 Å². The summed E-state index contributed by atoms with van der Waals surface area (Å²) in [4.78, 5) is 14.5. The molecule has 2 N–H and O–H groups in total. The Hall–Kier alpha value is -3.89. The van der Waals surface area contributed by atoms with Crippen molar-refractivity contribution >= 4 is 17.9 Å². The van der Waals surface area contributed by atoms with Gasteiger partial charge in [0.15, 0.2) is 0 Å². The number of anilines is 1. The summed E-state index contributed by atoms with van der Waals surface area (Å²) in [6.45, 7) is 1.72. The van der Waals surface area contributed by atoms with Crippen LogP contribution in [0.4, 0.5) is 24.8 Å². The summed E-state index contributed by atoms with van der Waals surface area (Å²) in [6, 6.07) is 7.84. The Balaban J connectivity index is 1.93. The predicted octanol–water partition coefficient (Wildman–Crippen LogP) is 4.38. The van der Waals surface area contributed by atoms with E-state index in [0.717, 1.165) is 24.3 Å². The van der Waals surface area contributed by atoms with Crippen LogP contribution in [0.2, 0.25) is 0 Å². The van der Waals surface area contributed by atoms with Crippen LogP contribution in [0.1, 0.15) is 16.8 Å². The summed E-state index contributed by atoms with van der Waals surface area (Å²) in [6.07, 6.45) is -1.63. The number of nitrogen functional groups attached to an aromatic ring is 1. The number of nitro benzene ring substituents is 1. The molecule has 1 aromatic heterocycles. The number of aromatic nitrogens is 2. The minimum absolute atomic E-state index is 0.120. The third kappa shape index (κ3) is 4.69. The quantitative estimate of drug-likeness (QED) is 0.385. The van der Waals surface area contributed by atoms with E-state index in [1.165, 1.54) is 29.1 Å². The van der Waals surface area contributed by atoms with Crippen LogP contribution in [-0.4, -0.2) is 20.8 Å². The number of non-ortho nitro benzene ring substituents is 1. The SMILES string of the molecule is Cc1cn(N=Cc2cc([N+](=O)[O-])ccc2Oc2ccc(C(F)(F)F)cc2)c(N)n1. The average Bonchev–Trinajstić information content (AvgIpc) is 2.97. The number of nitrogens with zero attached hydrogens (tertiary/aromatic N) is 4. The molecule has 29 heavy (non-hydrogen) atoms. The molecule has 0 fully saturated rings. The van der Waals surface area contributed by atoms with Crippen molar-refractivity contribution in [3.05, 3.63) is 75.6 Å². The minimum Gasteiger partial charge on any atom is -0.457 e. The summed E-state index contributed by atoms with van der Waals surface area (Å²) in [5.74, 6) is 0.406. The van der Waals surface area contributed by atoms with Gasteiger partial charge >= 0.3 is 6.18 Å². The highest BCUT2D eigenvalue weighted by Gasteiger charge is 2.30. The molecule has 0 atom stereocenters. The van der Waals surface area contributed by atoms with Gasteiger partial charge in [-0.2, -0.15) is 18.3 Å². The van der Waals surface area contributed by atoms with Gasteiger partial charge in [0.1, 0.15) is 11.5 Å². The van der Waals surface area contributed by atoms with E-state index in [4.69, 9.17) is 10.5 Å². The number of nitro groups is 1. The molecule has 0 aliphatic carbocycles. The number of halogens is 3. The molecule has 0 unspecified atom stereocenters. The zero-order chi connectivity index (χ0) is 21.2. The van der Waals surface area contributed by atoms with Crippen molar-refractivity contribution in [1.82, 2.24) is 9.66 Å². The highest BCUT2D eigenvalue weighted by Crippen LogP contribution is 2.32. The molecule has 0 saturated heterocycles. The van der Waals surface area contributed by atoms with E-state index in [9.17, 15) is 23.3 Å². The molecule has 3 aromatic rings. The van der Waals surface area contributed by atoms with Crippen molar-refractivity contribution < 1.29 is 22.8 Å². The molecule has 11 heteroatoms. The fraction of sp³-hybridized carbons (Fsp3) is 0.111. The highest BCUT2D eigenvalue weighted by atomic mass is 19.4. The fourth-order valence-corrected chi connectivity index (χ4v) is 2.40. The van der Waals surface area contributed by atoms with Gasteiger partial charge in [-0.3, -0.25) is 10.1 Å². The van der Waals surface area contributed by atoms with Crippen LogP contribution in [0.15, 0.2) is 53.8 Å². The molecule has 8 nitrogen and oxygen atoms in total. The fourth-order valence-electron chi connectivity index (χ4n) is 2.40. The molecule has 0 spiro atoms. The summed E-state index contributed by atoms with van der Waals surface area (Å²) in [7, 11) is 0. The van der Waals surface area contributed by atoms with Gasteiger partial charge in [0.05, 0.1) is 28.6 Å². The Labute approximate surface area is 162 Å². The molecule has 0 bridgehead atoms. The molecule has 3 rings (SSSR count). The molecule has 0 amide bonds. The minimum atomic E-state index is -4.47. The largest absolute Gasteiger partial charge is 0.457 e. The van der Waals surface area contributed by atoms with E-state index in [1.54, 1.807) is 13.1 Å². The summed E-state index contributed by atoms with van der Waals surface area (Å²) >= 11 is 0. The molecule has 0 saturated carbocycles. The predicted molar refractivity (Wildman–Crippen MR) is 99.0 cm³/mol. The zero-order valence-corrected chi connectivity index (χ0v) is 14.9. The van der Waals surface area contributed by atoms with Crippen molar-refractivity contribution in [2.75, 3.05) is 5.73 Å². The van der Waals surface area contributed by atoms with Crippen LogP contribution in [0.25, 0.3) is 0 Å². The van der Waals surface area contributed by atoms with Gasteiger partial charge in [0.25, 0.3) is 5.69 Å². The van der Waals surface area contributed by atoms with Gasteiger partial charge in [0, 0.05) is 17.7 Å². The van der Waals surface area contributed by atoms with Gasteiger partial charge in [-0.25, -0.2) is 9.66 Å². The zero-order valence-electron chi connectivity index (χ0n) is 14.9. The lowest BCUT2D eigenvalue weighted by atomic mass is 10.2. The number of alkyl halides is 3. The molecular weight excluding hydrogens is 391 g/mol. The van der Waals surface area contributed by atoms with Crippen LogP contribution in [0.5, 0.6) is 11.5 Å². The lowest BCUT2D eigenvalue weighted by Crippen LogP contribution is -2.04. The first kappa shape index (κ1) is 19.9. The van der Waals surface area contributed by atoms with Crippen molar-refractivity contribution in [2.24, 2.45) is 5.10 Å². The third-order valence-corrected chi connectivity index (χ3v) is 3.77. The Morgan fingerprint density at radius 1 is 1.24 bits per heavy atom. The maximum Gasteiger partial charge on any atom is 0.416 e. The molecule has 2 aromatic carbocycles. The number of rotatable bonds is 5. The third-order valence-electron chi connectivity index (χ3n) is 3.77. The van der Waals surface area contributed by atoms with Crippen molar-refractivity contribution in [3.63, 3.8) is 0 Å². The van der Waals surface area contributed by atoms with Crippen LogP contribution in [0.3, 0.4) is 0 Å². The first-order chi connectivity index (χ1) is 13.6. The Bertz CT molecular complexity index is 1080. The first-order valence-electron chi connectivity index (χ1n) is 8.13. The second-order valence-electron chi connectivity index (χ2n) is 5.93. The standard InChI is InChI=1S/C18H14F3N5O3/c1-11-10-25(17(22)24-11)23-9-12-8-14(26(27)28)4-7-16(12)29-15-5-2-13(3-6-15)18(19,20)21/h2-10H,1H3,(H2,22,24). The smallest absolute Gasteiger partial charge is 0.416 e. The number of benzene rings is 2. The molecule has 0 aliphatic heterocycles. The second-order valence-corrected chi connectivity index (χ2v) is 5.93. The van der Waals surface area contributed by atoms with E-state index >= 15 is 0 Å². The first-order valence-corrected chi connectivity index (χ1v) is 8.13. The summed E-state index contributed by atoms with van der Waals surface area (Å²) in [5, 5.41) is 15.2. The molecular formula is C18H14F3N5O3. The summed E-state index contributed by atoms with van der Waals surface area (Å²) < 4.78 is 44.9. The number of hydrogen-bond donors (Lipinski definition) is 1. The van der Waals surface area contributed by atoms with Crippen molar-refractivity contribution in [2.45, 2.75) is 13.1 Å². The normalized spacial score (nSPS) is 11.7. The molecule has 0 aliphatic rings. The number of nitrogens with two attached hydrogens (primary N) is 1. The number of aryl methyl sites for hydroxylation is 1. The number of imidazole rings is 1. The van der Waals surface area contributed by atoms with Gasteiger partial charge in [-0.05, 0) is 37.3 Å². The van der Waals surface area contributed by atoms with Crippen LogP contribution in [-0.2, 0) is 6.18 Å². The van der Waals surface area contributed by atoms with Gasteiger partial charge in [-0.1, -0.05) is 0 Å². The number of ether oxygens (including phenoxy) is 1. The molecule has 150 valence electrons. The van der Waals surface area contributed by atoms with Crippen molar-refractivity contribution in [1.29, 1.82) is 0 Å². The molecule has 1 heterocycles. The second kappa shape index (κ2) is 7.62. The van der Waals surface area contributed by atoms with E-state index in [0.29, 0.717) is 5.69 Å². The summed E-state index contributed by atoms with van der Waals surface area (Å²) in [5.41, 5.74) is 5.53. The van der Waals surface area contributed by atoms with Crippen LogP contribution < -0.4 is 10.5 Å². The topological polar surface area (TPSA) is 109 Å². The Kier molecular flexibility index (Phi) is 5.22. The van der Waals surface area contributed by atoms with Crippen molar-refractivity contribution in [3.8, 4) is 11.5 Å². The van der Waals surface area contributed by atoms with Gasteiger partial charge in [-0.15, -0.1) is 0 Å². The Morgan fingerprint density at radius 2 is 1.93 bits per heavy atom. The maximum absolute atomic E-state index is 12.7. The van der Waals surface area contributed by atoms with Gasteiger partial charge in [0.2, 0.25) is 5.95 Å². The van der Waals surface area contributed by atoms with E-state index in [-0.39, 0.29) is 28.7 Å². The maximum atomic E-state index is 12.7. The lowest BCUT2D eigenvalue weighted by molar-refractivity contribution is -0.384. The lowest BCUT2D eigenvalue weighted by Gasteiger charge is -2.10.